The van der Waals surface area contributed by atoms with Crippen molar-refractivity contribution in [1.29, 1.82) is 0 Å². The maximum atomic E-state index is 14.9. The SMILES string of the molecule is O=C(NNc1ncccn1)c1ccc(/C(F)=C/C(c2ccc(Br)c(C(F)(F)F)c2)C(F)(F)F)cc1C(F)(F)F. The molecule has 0 radical (unpaired) electrons. The molecule has 0 spiro atoms. The quantitative estimate of drug-likeness (QED) is 0.216. The number of hydrazine groups is 1. The largest absolute Gasteiger partial charge is 0.417 e. The zero-order valence-electron chi connectivity index (χ0n) is 18.8. The Labute approximate surface area is 221 Å². The van der Waals surface area contributed by atoms with Crippen LogP contribution < -0.4 is 10.9 Å². The van der Waals surface area contributed by atoms with Gasteiger partial charge < -0.3 is 0 Å². The lowest BCUT2D eigenvalue weighted by Gasteiger charge is -2.20. The van der Waals surface area contributed by atoms with Crippen LogP contribution in [0.3, 0.4) is 0 Å². The summed E-state index contributed by atoms with van der Waals surface area (Å²) in [6, 6.07) is 4.18. The first-order valence-corrected chi connectivity index (χ1v) is 11.1. The number of halogens is 11. The van der Waals surface area contributed by atoms with E-state index in [-0.39, 0.29) is 24.2 Å². The first-order valence-electron chi connectivity index (χ1n) is 10.3. The fourth-order valence-corrected chi connectivity index (χ4v) is 3.72. The van der Waals surface area contributed by atoms with Gasteiger partial charge in [-0.3, -0.25) is 15.6 Å². The third kappa shape index (κ3) is 7.46. The summed E-state index contributed by atoms with van der Waals surface area (Å²) in [6.45, 7) is 0. The van der Waals surface area contributed by atoms with Gasteiger partial charge in [0.15, 0.2) is 0 Å². The molecule has 5 nitrogen and oxygen atoms in total. The normalized spacial score (nSPS) is 13.7. The summed E-state index contributed by atoms with van der Waals surface area (Å²) in [6.07, 6.45) is -13.2. The average Bonchev–Trinajstić information content (AvgIpc) is 2.84. The Kier molecular flexibility index (Phi) is 8.57. The van der Waals surface area contributed by atoms with Gasteiger partial charge in [0.05, 0.1) is 16.7 Å². The van der Waals surface area contributed by atoms with Crippen LogP contribution in [0, 0.1) is 0 Å². The number of anilines is 1. The second-order valence-corrected chi connectivity index (χ2v) is 8.53. The second kappa shape index (κ2) is 11.2. The molecule has 0 bridgehead atoms. The van der Waals surface area contributed by atoms with Gasteiger partial charge in [-0.2, -0.15) is 39.5 Å². The van der Waals surface area contributed by atoms with Crippen LogP contribution in [0.15, 0.2) is 65.4 Å². The Morgan fingerprint density at radius 1 is 0.872 bits per heavy atom. The number of nitrogens with zero attached hydrogens (tertiary/aromatic N) is 2. The monoisotopic (exact) mass is 630 g/mol. The number of alkyl halides is 9. The van der Waals surface area contributed by atoms with Gasteiger partial charge in [-0.25, -0.2) is 14.4 Å². The first-order chi connectivity index (χ1) is 18.0. The minimum Gasteiger partial charge on any atom is -0.267 e. The molecule has 0 fully saturated rings. The molecule has 1 atom stereocenters. The molecular weight excluding hydrogens is 618 g/mol. The van der Waals surface area contributed by atoms with Crippen LogP contribution in [-0.2, 0) is 12.4 Å². The Balaban J connectivity index is 2.00. The number of aromatic nitrogens is 2. The molecule has 39 heavy (non-hydrogen) atoms. The van der Waals surface area contributed by atoms with E-state index in [9.17, 15) is 48.7 Å². The molecule has 0 aliphatic heterocycles. The van der Waals surface area contributed by atoms with Crippen LogP contribution in [0.2, 0.25) is 0 Å². The molecule has 2 aromatic carbocycles. The zero-order valence-corrected chi connectivity index (χ0v) is 20.4. The van der Waals surface area contributed by atoms with Crippen LogP contribution in [0.4, 0.5) is 49.9 Å². The van der Waals surface area contributed by atoms with Gasteiger partial charge in [0.2, 0.25) is 5.95 Å². The van der Waals surface area contributed by atoms with E-state index in [2.05, 4.69) is 31.3 Å². The summed E-state index contributed by atoms with van der Waals surface area (Å²) in [7, 11) is 0. The van der Waals surface area contributed by atoms with Crippen molar-refractivity contribution in [3.05, 3.63) is 93.2 Å². The lowest BCUT2D eigenvalue weighted by Crippen LogP contribution is -2.32. The topological polar surface area (TPSA) is 66.9 Å². The molecule has 0 saturated heterocycles. The van der Waals surface area contributed by atoms with Crippen molar-refractivity contribution >= 4 is 33.6 Å². The average molecular weight is 631 g/mol. The van der Waals surface area contributed by atoms with Crippen molar-refractivity contribution in [2.45, 2.75) is 24.4 Å². The minimum absolute atomic E-state index is 0.107. The molecular formula is C23H13BrF10N4O. The van der Waals surface area contributed by atoms with E-state index in [1.54, 1.807) is 0 Å². The Morgan fingerprint density at radius 2 is 1.49 bits per heavy atom. The molecule has 0 saturated carbocycles. The number of rotatable bonds is 6. The fourth-order valence-electron chi connectivity index (χ4n) is 3.24. The minimum atomic E-state index is -5.31. The molecule has 3 aromatic rings. The number of allylic oxidation sites excluding steroid dienone is 1. The van der Waals surface area contributed by atoms with Crippen molar-refractivity contribution < 1.29 is 48.7 Å². The predicted molar refractivity (Wildman–Crippen MR) is 122 cm³/mol. The lowest BCUT2D eigenvalue weighted by atomic mass is 9.94. The van der Waals surface area contributed by atoms with Crippen LogP contribution in [0.5, 0.6) is 0 Å². The molecule has 1 amide bonds. The Hall–Kier alpha value is -3.69. The maximum Gasteiger partial charge on any atom is 0.417 e. The van der Waals surface area contributed by atoms with Crippen molar-refractivity contribution in [3.8, 4) is 0 Å². The molecule has 0 aliphatic carbocycles. The molecule has 1 heterocycles. The number of benzene rings is 2. The standard InChI is InChI=1S/C23H13BrF10N4O/c24-17-5-3-11(8-16(17)23(32,33)34)14(21(26,27)28)10-18(25)12-2-4-13(15(9-12)22(29,30)31)19(39)37-38-20-35-6-1-7-36-20/h1-10,14H,(H,37,39)(H,35,36,38)/b18-10-. The number of carbonyl (C=O) groups is 1. The van der Waals surface area contributed by atoms with Crippen molar-refractivity contribution in [2.75, 3.05) is 5.43 Å². The van der Waals surface area contributed by atoms with E-state index in [0.29, 0.717) is 24.3 Å². The maximum absolute atomic E-state index is 14.9. The van der Waals surface area contributed by atoms with Crippen molar-refractivity contribution in [3.63, 3.8) is 0 Å². The number of nitrogens with one attached hydrogen (secondary N) is 2. The highest BCUT2D eigenvalue weighted by atomic mass is 79.9. The van der Waals surface area contributed by atoms with Crippen LogP contribution in [0.1, 0.15) is 38.5 Å². The molecule has 3 rings (SSSR count). The summed E-state index contributed by atoms with van der Waals surface area (Å²) in [5.74, 6) is -6.29. The van der Waals surface area contributed by atoms with E-state index < -0.39 is 68.5 Å². The molecule has 208 valence electrons. The Bertz CT molecular complexity index is 1370. The van der Waals surface area contributed by atoms with Crippen molar-refractivity contribution in [2.24, 2.45) is 0 Å². The molecule has 0 aliphatic rings. The molecule has 1 aromatic heterocycles. The van der Waals surface area contributed by atoms with E-state index >= 15 is 0 Å². The number of hydrogen-bond acceptors (Lipinski definition) is 4. The summed E-state index contributed by atoms with van der Waals surface area (Å²) in [5, 5.41) is 0. The van der Waals surface area contributed by atoms with Crippen LogP contribution in [0.25, 0.3) is 5.83 Å². The summed E-state index contributed by atoms with van der Waals surface area (Å²) in [5.41, 5.74) is -2.12. The van der Waals surface area contributed by atoms with Gasteiger partial charge >= 0.3 is 18.5 Å². The number of carbonyl (C=O) groups excluding carboxylic acids is 1. The van der Waals surface area contributed by atoms with Gasteiger partial charge in [-0.1, -0.05) is 28.1 Å². The molecule has 1 unspecified atom stereocenters. The van der Waals surface area contributed by atoms with Crippen molar-refractivity contribution in [1.82, 2.24) is 15.4 Å². The van der Waals surface area contributed by atoms with Gasteiger partial charge in [-0.15, -0.1) is 0 Å². The number of hydrogen-bond donors (Lipinski definition) is 2. The van der Waals surface area contributed by atoms with Gasteiger partial charge in [-0.05, 0) is 42.0 Å². The van der Waals surface area contributed by atoms with E-state index in [1.807, 2.05) is 5.43 Å². The summed E-state index contributed by atoms with van der Waals surface area (Å²) < 4.78 is 136. The second-order valence-electron chi connectivity index (χ2n) is 7.68. The Morgan fingerprint density at radius 3 is 2.05 bits per heavy atom. The zero-order chi connectivity index (χ0) is 29.2. The van der Waals surface area contributed by atoms with E-state index in [0.717, 1.165) is 0 Å². The predicted octanol–water partition coefficient (Wildman–Crippen LogP) is 7.69. The van der Waals surface area contributed by atoms with Crippen LogP contribution in [-0.4, -0.2) is 22.1 Å². The summed E-state index contributed by atoms with van der Waals surface area (Å²) in [4.78, 5) is 19.7. The van der Waals surface area contributed by atoms with Gasteiger partial charge in [0.1, 0.15) is 11.7 Å². The highest BCUT2D eigenvalue weighted by Crippen LogP contribution is 2.43. The highest BCUT2D eigenvalue weighted by molar-refractivity contribution is 9.10. The van der Waals surface area contributed by atoms with Gasteiger partial charge in [0.25, 0.3) is 5.91 Å². The molecule has 16 heteroatoms. The van der Waals surface area contributed by atoms with E-state index in [4.69, 9.17) is 0 Å². The first kappa shape index (κ1) is 29.9. The van der Waals surface area contributed by atoms with Gasteiger partial charge in [0, 0.05) is 22.4 Å². The smallest absolute Gasteiger partial charge is 0.267 e. The van der Waals surface area contributed by atoms with E-state index in [1.165, 1.54) is 18.5 Å². The fraction of sp³-hybridized carbons (Fsp3) is 0.174. The highest BCUT2D eigenvalue weighted by Gasteiger charge is 2.42. The third-order valence-electron chi connectivity index (χ3n) is 5.02. The summed E-state index contributed by atoms with van der Waals surface area (Å²) >= 11 is 2.58. The number of amides is 1. The lowest BCUT2D eigenvalue weighted by molar-refractivity contribution is -0.142. The molecule has 2 N–H and O–H groups in total. The van der Waals surface area contributed by atoms with Crippen LogP contribution >= 0.6 is 15.9 Å². The third-order valence-corrected chi connectivity index (χ3v) is 5.71.